The Kier molecular flexibility index (Phi) is 5.71. The van der Waals surface area contributed by atoms with Gasteiger partial charge in [0.25, 0.3) is 0 Å². The van der Waals surface area contributed by atoms with E-state index in [4.69, 9.17) is 4.74 Å². The van der Waals surface area contributed by atoms with Crippen molar-refractivity contribution in [2.45, 2.75) is 18.6 Å². The highest BCUT2D eigenvalue weighted by molar-refractivity contribution is 8.01. The number of imide groups is 1. The van der Waals surface area contributed by atoms with Crippen LogP contribution in [-0.4, -0.2) is 34.6 Å². The van der Waals surface area contributed by atoms with Crippen molar-refractivity contribution in [1.82, 2.24) is 0 Å². The van der Waals surface area contributed by atoms with E-state index in [0.717, 1.165) is 16.7 Å². The van der Waals surface area contributed by atoms with Crippen LogP contribution in [0.3, 0.4) is 0 Å². The van der Waals surface area contributed by atoms with Gasteiger partial charge in [0.2, 0.25) is 11.8 Å². The smallest absolute Gasteiger partial charge is 0.321 e. The lowest BCUT2D eigenvalue weighted by molar-refractivity contribution is -0.131. The van der Waals surface area contributed by atoms with E-state index in [2.05, 4.69) is 0 Å². The highest BCUT2D eigenvalue weighted by atomic mass is 32.2. The summed E-state index contributed by atoms with van der Waals surface area (Å²) in [5, 5.41) is -0.606. The lowest BCUT2D eigenvalue weighted by Crippen LogP contribution is -2.31. The number of carbonyl (C=O) groups excluding carboxylic acids is 4. The first-order chi connectivity index (χ1) is 13.0. The molecule has 27 heavy (non-hydrogen) atoms. The fourth-order valence-corrected chi connectivity index (χ4v) is 3.57. The predicted octanol–water partition coefficient (Wildman–Crippen LogP) is 2.86. The summed E-state index contributed by atoms with van der Waals surface area (Å²) < 4.78 is 5.20. The van der Waals surface area contributed by atoms with Gasteiger partial charge in [0.15, 0.2) is 5.78 Å². The van der Waals surface area contributed by atoms with Crippen LogP contribution < -0.4 is 9.64 Å². The van der Waals surface area contributed by atoms with E-state index in [1.165, 1.54) is 6.92 Å². The third-order valence-corrected chi connectivity index (χ3v) is 5.19. The molecule has 0 N–H and O–H groups in total. The zero-order valence-electron chi connectivity index (χ0n) is 14.6. The molecule has 0 radical (unpaired) electrons. The number of anilines is 1. The maximum absolute atomic E-state index is 12.5. The Balaban J connectivity index is 1.55. The minimum atomic E-state index is -0.606. The van der Waals surface area contributed by atoms with Crippen molar-refractivity contribution in [3.8, 4) is 5.75 Å². The molecule has 1 fully saturated rings. The lowest BCUT2D eigenvalue weighted by atomic mass is 10.1. The summed E-state index contributed by atoms with van der Waals surface area (Å²) in [6.07, 6.45) is 0.0545. The first-order valence-corrected chi connectivity index (χ1v) is 9.35. The number of hydrogen-bond acceptors (Lipinski definition) is 6. The molecule has 1 atom stereocenters. The van der Waals surface area contributed by atoms with Crippen LogP contribution in [0.15, 0.2) is 54.6 Å². The number of nitrogens with zero attached hydrogens (tertiary/aromatic N) is 1. The second-order valence-corrected chi connectivity index (χ2v) is 7.15. The molecule has 2 aromatic carbocycles. The number of ether oxygens (including phenoxy) is 1. The van der Waals surface area contributed by atoms with Gasteiger partial charge in [-0.05, 0) is 43.3 Å². The van der Waals surface area contributed by atoms with Gasteiger partial charge in [-0.25, -0.2) is 4.90 Å². The van der Waals surface area contributed by atoms with E-state index >= 15 is 0 Å². The van der Waals surface area contributed by atoms with Gasteiger partial charge >= 0.3 is 5.97 Å². The normalized spacial score (nSPS) is 16.5. The number of esters is 1. The minimum Gasteiger partial charge on any atom is -0.426 e. The number of thioether (sulfide) groups is 1. The van der Waals surface area contributed by atoms with Gasteiger partial charge < -0.3 is 4.74 Å². The highest BCUT2D eigenvalue weighted by Crippen LogP contribution is 2.29. The third kappa shape index (κ3) is 4.43. The number of rotatable bonds is 6. The number of para-hydroxylation sites is 1. The average molecular weight is 383 g/mol. The van der Waals surface area contributed by atoms with E-state index in [9.17, 15) is 19.2 Å². The largest absolute Gasteiger partial charge is 0.426 e. The molecule has 1 heterocycles. The fourth-order valence-electron chi connectivity index (χ4n) is 2.67. The zero-order valence-corrected chi connectivity index (χ0v) is 15.4. The van der Waals surface area contributed by atoms with Gasteiger partial charge in [-0.2, -0.15) is 0 Å². The molecule has 0 aliphatic carbocycles. The molecular formula is C20H17NO5S. The molecule has 2 amide bonds. The molecule has 2 aromatic rings. The van der Waals surface area contributed by atoms with Gasteiger partial charge in [0.05, 0.1) is 16.7 Å². The molecule has 0 saturated carbocycles. The predicted molar refractivity (Wildman–Crippen MR) is 102 cm³/mol. The van der Waals surface area contributed by atoms with Crippen molar-refractivity contribution in [3.05, 3.63) is 60.2 Å². The first-order valence-electron chi connectivity index (χ1n) is 8.31. The van der Waals surface area contributed by atoms with Crippen LogP contribution in [0.1, 0.15) is 23.7 Å². The van der Waals surface area contributed by atoms with Crippen molar-refractivity contribution in [3.63, 3.8) is 0 Å². The van der Waals surface area contributed by atoms with E-state index in [0.29, 0.717) is 17.0 Å². The van der Waals surface area contributed by atoms with Crippen LogP contribution in [0.2, 0.25) is 0 Å². The number of carbonyl (C=O) groups is 4. The van der Waals surface area contributed by atoms with Crippen molar-refractivity contribution in [2.24, 2.45) is 0 Å². The van der Waals surface area contributed by atoms with E-state index in [-0.39, 0.29) is 29.8 Å². The number of hydrogen-bond donors (Lipinski definition) is 0. The van der Waals surface area contributed by atoms with E-state index in [1.807, 2.05) is 0 Å². The molecule has 3 rings (SSSR count). The molecule has 1 aliphatic heterocycles. The standard InChI is InChI=1S/C20H17NO5S/c1-13(22)14-7-9-16(10-8-14)26-19(24)12-27-17-11-18(23)21(20(17)25)15-5-3-2-4-6-15/h2-10,17H,11-12H2,1H3/t17-/m1/s1. The van der Waals surface area contributed by atoms with E-state index < -0.39 is 11.2 Å². The van der Waals surface area contributed by atoms with Crippen molar-refractivity contribution < 1.29 is 23.9 Å². The quantitative estimate of drug-likeness (QED) is 0.330. The third-order valence-electron chi connectivity index (χ3n) is 4.01. The van der Waals surface area contributed by atoms with Crippen molar-refractivity contribution >= 4 is 41.0 Å². The summed E-state index contributed by atoms with van der Waals surface area (Å²) in [6.45, 7) is 1.45. The van der Waals surface area contributed by atoms with Gasteiger partial charge in [0, 0.05) is 12.0 Å². The monoisotopic (exact) mass is 383 g/mol. The summed E-state index contributed by atoms with van der Waals surface area (Å²) in [5.74, 6) is -0.928. The Morgan fingerprint density at radius 1 is 1.07 bits per heavy atom. The fraction of sp³-hybridized carbons (Fsp3) is 0.200. The van der Waals surface area contributed by atoms with Crippen LogP contribution in [0.5, 0.6) is 5.75 Å². The molecule has 6 nitrogen and oxygen atoms in total. The summed E-state index contributed by atoms with van der Waals surface area (Å²) in [7, 11) is 0. The second kappa shape index (κ2) is 8.18. The zero-order chi connectivity index (χ0) is 19.4. The number of benzene rings is 2. The molecule has 0 unspecified atom stereocenters. The Labute approximate surface area is 160 Å². The maximum atomic E-state index is 12.5. The van der Waals surface area contributed by atoms with Crippen LogP contribution in [0.4, 0.5) is 5.69 Å². The molecule has 0 aromatic heterocycles. The van der Waals surface area contributed by atoms with Crippen LogP contribution in [0.25, 0.3) is 0 Å². The SMILES string of the molecule is CC(=O)c1ccc(OC(=O)CS[C@@H]2CC(=O)N(c3ccccc3)C2=O)cc1. The van der Waals surface area contributed by atoms with E-state index in [1.54, 1.807) is 54.6 Å². The Bertz CT molecular complexity index is 879. The summed E-state index contributed by atoms with van der Waals surface area (Å²) in [4.78, 5) is 49.1. The summed E-state index contributed by atoms with van der Waals surface area (Å²) in [6, 6.07) is 14.9. The Morgan fingerprint density at radius 3 is 2.37 bits per heavy atom. The Morgan fingerprint density at radius 2 is 1.74 bits per heavy atom. The number of Topliss-reactive ketones (excluding diaryl/α,β-unsaturated/α-hetero) is 1. The molecule has 1 aliphatic rings. The molecule has 1 saturated heterocycles. The number of ketones is 1. The van der Waals surface area contributed by atoms with Crippen molar-refractivity contribution in [1.29, 1.82) is 0 Å². The van der Waals surface area contributed by atoms with Gasteiger partial charge in [-0.1, -0.05) is 18.2 Å². The second-order valence-electron chi connectivity index (χ2n) is 5.96. The molecular weight excluding hydrogens is 366 g/mol. The average Bonchev–Trinajstić information content (AvgIpc) is 2.94. The van der Waals surface area contributed by atoms with Gasteiger partial charge in [-0.3, -0.25) is 19.2 Å². The molecule has 138 valence electrons. The summed E-state index contributed by atoms with van der Waals surface area (Å²) in [5.41, 5.74) is 1.06. The molecule has 7 heteroatoms. The summed E-state index contributed by atoms with van der Waals surface area (Å²) >= 11 is 1.09. The first kappa shape index (κ1) is 18.8. The molecule has 0 bridgehead atoms. The van der Waals surface area contributed by atoms with Crippen LogP contribution in [-0.2, 0) is 14.4 Å². The topological polar surface area (TPSA) is 80.8 Å². The lowest BCUT2D eigenvalue weighted by Gasteiger charge is -2.14. The van der Waals surface area contributed by atoms with Crippen molar-refractivity contribution in [2.75, 3.05) is 10.7 Å². The van der Waals surface area contributed by atoms with Crippen LogP contribution >= 0.6 is 11.8 Å². The minimum absolute atomic E-state index is 0.0545. The van der Waals surface area contributed by atoms with Gasteiger partial charge in [0.1, 0.15) is 5.75 Å². The number of amides is 2. The van der Waals surface area contributed by atoms with Crippen LogP contribution in [0, 0.1) is 0 Å². The van der Waals surface area contributed by atoms with Gasteiger partial charge in [-0.15, -0.1) is 11.8 Å². The highest BCUT2D eigenvalue weighted by Gasteiger charge is 2.40. The molecule has 0 spiro atoms. The maximum Gasteiger partial charge on any atom is 0.321 e. The Hall–Kier alpha value is -2.93.